The Bertz CT molecular complexity index is 392. The maximum absolute atomic E-state index is 10.3. The van der Waals surface area contributed by atoms with Crippen molar-refractivity contribution in [3.05, 3.63) is 23.8 Å². The lowest BCUT2D eigenvalue weighted by Crippen LogP contribution is -2.25. The molecular formula is C15H22O5. The molecule has 0 amide bonds. The zero-order valence-electron chi connectivity index (χ0n) is 12.0. The third-order valence-electron chi connectivity index (χ3n) is 3.33. The molecule has 1 aromatic rings. The number of aliphatic hydroxyl groups excluding tert-OH is 1. The van der Waals surface area contributed by atoms with Crippen LogP contribution in [0.15, 0.2) is 18.2 Å². The van der Waals surface area contributed by atoms with Gasteiger partial charge in [-0.15, -0.1) is 0 Å². The Hall–Kier alpha value is -1.30. The van der Waals surface area contributed by atoms with E-state index in [1.54, 1.807) is 20.3 Å². The molecule has 0 bridgehead atoms. The van der Waals surface area contributed by atoms with Crippen LogP contribution >= 0.6 is 0 Å². The minimum Gasteiger partial charge on any atom is -0.497 e. The summed E-state index contributed by atoms with van der Waals surface area (Å²) in [5.74, 6) is 1.34. The fourth-order valence-corrected chi connectivity index (χ4v) is 2.19. The summed E-state index contributed by atoms with van der Waals surface area (Å²) in [6, 6.07) is 5.41. The standard InChI is InChI=1S/C15H22O5/c1-17-12-8-11(9-13(10-12)18-2)14(16)4-5-15-19-6-3-7-20-15/h8-10,14-16H,3-7H2,1-2H3/t14-/m1/s1. The van der Waals surface area contributed by atoms with E-state index in [-0.39, 0.29) is 6.29 Å². The summed E-state index contributed by atoms with van der Waals surface area (Å²) in [7, 11) is 3.18. The van der Waals surface area contributed by atoms with E-state index in [9.17, 15) is 5.11 Å². The van der Waals surface area contributed by atoms with Gasteiger partial charge in [0.05, 0.1) is 33.5 Å². The molecule has 0 aliphatic carbocycles. The van der Waals surface area contributed by atoms with Crippen LogP contribution in [0.25, 0.3) is 0 Å². The van der Waals surface area contributed by atoms with E-state index < -0.39 is 6.10 Å². The first-order valence-corrected chi connectivity index (χ1v) is 6.87. The zero-order chi connectivity index (χ0) is 14.4. The Balaban J connectivity index is 1.95. The van der Waals surface area contributed by atoms with Crippen molar-refractivity contribution < 1.29 is 24.1 Å². The smallest absolute Gasteiger partial charge is 0.157 e. The summed E-state index contributed by atoms with van der Waals surface area (Å²) in [4.78, 5) is 0. The lowest BCUT2D eigenvalue weighted by molar-refractivity contribution is -0.183. The van der Waals surface area contributed by atoms with Crippen LogP contribution in [-0.4, -0.2) is 38.8 Å². The largest absolute Gasteiger partial charge is 0.497 e. The number of hydrogen-bond donors (Lipinski definition) is 1. The third-order valence-corrected chi connectivity index (χ3v) is 3.33. The van der Waals surface area contributed by atoms with Gasteiger partial charge in [0.2, 0.25) is 0 Å². The highest BCUT2D eigenvalue weighted by Crippen LogP contribution is 2.29. The summed E-state index contributed by atoms with van der Waals surface area (Å²) in [6.07, 6.45) is 1.38. The van der Waals surface area contributed by atoms with Gasteiger partial charge in [-0.05, 0) is 30.5 Å². The molecule has 0 aromatic heterocycles. The fraction of sp³-hybridized carbons (Fsp3) is 0.600. The van der Waals surface area contributed by atoms with Crippen LogP contribution in [0.1, 0.15) is 30.9 Å². The molecule has 0 unspecified atom stereocenters. The van der Waals surface area contributed by atoms with Gasteiger partial charge in [-0.1, -0.05) is 0 Å². The lowest BCUT2D eigenvalue weighted by Gasteiger charge is -2.24. The van der Waals surface area contributed by atoms with Crippen molar-refractivity contribution in [1.82, 2.24) is 0 Å². The zero-order valence-corrected chi connectivity index (χ0v) is 12.0. The van der Waals surface area contributed by atoms with Crippen molar-refractivity contribution in [2.45, 2.75) is 31.7 Å². The van der Waals surface area contributed by atoms with Gasteiger partial charge in [-0.25, -0.2) is 0 Å². The summed E-state index contributed by atoms with van der Waals surface area (Å²) >= 11 is 0. The van der Waals surface area contributed by atoms with Crippen molar-refractivity contribution >= 4 is 0 Å². The molecule has 1 atom stereocenters. The molecule has 1 saturated heterocycles. The quantitative estimate of drug-likeness (QED) is 0.867. The SMILES string of the molecule is COc1cc(OC)cc([C@H](O)CCC2OCCCO2)c1. The number of rotatable bonds is 6. The average Bonchev–Trinajstić information content (AvgIpc) is 2.52. The minimum absolute atomic E-state index is 0.203. The van der Waals surface area contributed by atoms with Crippen LogP contribution in [0.3, 0.4) is 0 Å². The first-order chi connectivity index (χ1) is 9.72. The van der Waals surface area contributed by atoms with Gasteiger partial charge in [-0.2, -0.15) is 0 Å². The molecule has 1 heterocycles. The van der Waals surface area contributed by atoms with Gasteiger partial charge in [0.1, 0.15) is 11.5 Å². The Labute approximate surface area is 119 Å². The van der Waals surface area contributed by atoms with Gasteiger partial charge >= 0.3 is 0 Å². The van der Waals surface area contributed by atoms with E-state index in [0.29, 0.717) is 24.3 Å². The molecule has 0 saturated carbocycles. The second-order valence-electron chi connectivity index (χ2n) is 4.76. The Morgan fingerprint density at radius 2 is 1.75 bits per heavy atom. The summed E-state index contributed by atoms with van der Waals surface area (Å²) in [6.45, 7) is 1.46. The topological polar surface area (TPSA) is 57.2 Å². The average molecular weight is 282 g/mol. The molecule has 5 nitrogen and oxygen atoms in total. The first-order valence-electron chi connectivity index (χ1n) is 6.87. The van der Waals surface area contributed by atoms with Crippen LogP contribution in [0, 0.1) is 0 Å². The van der Waals surface area contributed by atoms with Crippen molar-refractivity contribution in [3.63, 3.8) is 0 Å². The maximum atomic E-state index is 10.3. The van der Waals surface area contributed by atoms with Crippen LogP contribution < -0.4 is 9.47 Å². The second kappa shape index (κ2) is 7.47. The number of hydrogen-bond acceptors (Lipinski definition) is 5. The molecule has 0 spiro atoms. The predicted octanol–water partition coefficient (Wildman–Crippen LogP) is 2.28. The molecule has 1 fully saturated rings. The van der Waals surface area contributed by atoms with Crippen molar-refractivity contribution in [2.75, 3.05) is 27.4 Å². The summed E-state index contributed by atoms with van der Waals surface area (Å²) in [5, 5.41) is 10.3. The summed E-state index contributed by atoms with van der Waals surface area (Å²) < 4.78 is 21.3. The minimum atomic E-state index is -0.590. The van der Waals surface area contributed by atoms with Crippen molar-refractivity contribution in [3.8, 4) is 11.5 Å². The molecule has 0 radical (unpaired) electrons. The van der Waals surface area contributed by atoms with Crippen LogP contribution in [0.4, 0.5) is 0 Å². The van der Waals surface area contributed by atoms with Crippen molar-refractivity contribution in [1.29, 1.82) is 0 Å². The summed E-state index contributed by atoms with van der Waals surface area (Å²) in [5.41, 5.74) is 0.775. The molecule has 1 aliphatic rings. The molecule has 112 valence electrons. The third kappa shape index (κ3) is 4.10. The van der Waals surface area contributed by atoms with E-state index in [1.807, 2.05) is 12.1 Å². The van der Waals surface area contributed by atoms with E-state index in [4.69, 9.17) is 18.9 Å². The van der Waals surface area contributed by atoms with Gasteiger partial charge in [0.15, 0.2) is 6.29 Å². The predicted molar refractivity (Wildman–Crippen MR) is 74.0 cm³/mol. The van der Waals surface area contributed by atoms with E-state index in [0.717, 1.165) is 25.2 Å². The number of methoxy groups -OCH3 is 2. The molecule has 20 heavy (non-hydrogen) atoms. The van der Waals surface area contributed by atoms with Crippen molar-refractivity contribution in [2.24, 2.45) is 0 Å². The van der Waals surface area contributed by atoms with Gasteiger partial charge in [-0.3, -0.25) is 0 Å². The number of ether oxygens (including phenoxy) is 4. The second-order valence-corrected chi connectivity index (χ2v) is 4.76. The number of aliphatic hydroxyl groups is 1. The lowest BCUT2D eigenvalue weighted by atomic mass is 10.0. The highest BCUT2D eigenvalue weighted by molar-refractivity contribution is 5.39. The monoisotopic (exact) mass is 282 g/mol. The van der Waals surface area contributed by atoms with Gasteiger partial charge < -0.3 is 24.1 Å². The van der Waals surface area contributed by atoms with Gasteiger partial charge in [0, 0.05) is 12.5 Å². The van der Waals surface area contributed by atoms with Gasteiger partial charge in [0.25, 0.3) is 0 Å². The molecular weight excluding hydrogens is 260 g/mol. The normalized spacial score (nSPS) is 17.8. The Morgan fingerprint density at radius 3 is 2.30 bits per heavy atom. The highest BCUT2D eigenvalue weighted by atomic mass is 16.7. The molecule has 1 aliphatic heterocycles. The van der Waals surface area contributed by atoms with Crippen LogP contribution in [-0.2, 0) is 9.47 Å². The maximum Gasteiger partial charge on any atom is 0.157 e. The Kier molecular flexibility index (Phi) is 5.64. The van der Waals surface area contributed by atoms with Crippen LogP contribution in [0.2, 0.25) is 0 Å². The first kappa shape index (κ1) is 15.1. The van der Waals surface area contributed by atoms with E-state index in [1.165, 1.54) is 0 Å². The fourth-order valence-electron chi connectivity index (χ4n) is 2.19. The van der Waals surface area contributed by atoms with Crippen LogP contribution in [0.5, 0.6) is 11.5 Å². The highest BCUT2D eigenvalue weighted by Gasteiger charge is 2.17. The molecule has 1 N–H and O–H groups in total. The molecule has 2 rings (SSSR count). The number of benzene rings is 1. The van der Waals surface area contributed by atoms with E-state index >= 15 is 0 Å². The Morgan fingerprint density at radius 1 is 1.15 bits per heavy atom. The van der Waals surface area contributed by atoms with E-state index in [2.05, 4.69) is 0 Å². The molecule has 1 aromatic carbocycles. The molecule has 5 heteroatoms.